The molecule has 1 heterocycles. The van der Waals surface area contributed by atoms with Crippen molar-refractivity contribution in [1.82, 2.24) is 0 Å². The lowest BCUT2D eigenvalue weighted by Crippen LogP contribution is -2.17. The van der Waals surface area contributed by atoms with Crippen LogP contribution in [0.3, 0.4) is 0 Å². The van der Waals surface area contributed by atoms with Gasteiger partial charge in [0.05, 0.1) is 5.02 Å². The Morgan fingerprint density at radius 1 is 1.53 bits per heavy atom. The monoisotopic (exact) mass is 230 g/mol. The molecule has 2 unspecified atom stereocenters. The number of ether oxygens (including phenoxy) is 1. The van der Waals surface area contributed by atoms with Crippen LogP contribution in [-0.2, 0) is 0 Å². The zero-order valence-electron chi connectivity index (χ0n) is 8.34. The molecule has 0 fully saturated rings. The van der Waals surface area contributed by atoms with Gasteiger partial charge in [-0.05, 0) is 18.6 Å². The van der Waals surface area contributed by atoms with E-state index in [2.05, 4.69) is 0 Å². The highest BCUT2D eigenvalue weighted by molar-refractivity contribution is 6.32. The first kappa shape index (κ1) is 10.7. The van der Waals surface area contributed by atoms with Gasteiger partial charge in [-0.15, -0.1) is 0 Å². The molecule has 0 amide bonds. The molecule has 1 N–H and O–H groups in total. The van der Waals surface area contributed by atoms with Crippen molar-refractivity contribution < 1.29 is 14.2 Å². The smallest absolute Gasteiger partial charge is 0.144 e. The second-order valence-electron chi connectivity index (χ2n) is 3.70. The fourth-order valence-corrected chi connectivity index (χ4v) is 2.10. The summed E-state index contributed by atoms with van der Waals surface area (Å²) < 4.78 is 18.6. The van der Waals surface area contributed by atoms with E-state index in [4.69, 9.17) is 16.3 Å². The molecule has 1 aromatic rings. The first-order valence-corrected chi connectivity index (χ1v) is 5.35. The van der Waals surface area contributed by atoms with Crippen molar-refractivity contribution in [2.75, 3.05) is 0 Å². The Hall–Kier alpha value is -0.800. The van der Waals surface area contributed by atoms with E-state index in [1.807, 2.05) is 6.92 Å². The Balaban J connectivity index is 2.36. The van der Waals surface area contributed by atoms with Crippen LogP contribution in [0.4, 0.5) is 4.39 Å². The molecule has 1 aliphatic rings. The molecule has 0 saturated heterocycles. The lowest BCUT2D eigenvalue weighted by molar-refractivity contribution is 0.0616. The van der Waals surface area contributed by atoms with Gasteiger partial charge < -0.3 is 9.84 Å². The largest absolute Gasteiger partial charge is 0.485 e. The van der Waals surface area contributed by atoms with Crippen LogP contribution in [0.2, 0.25) is 5.02 Å². The van der Waals surface area contributed by atoms with Crippen molar-refractivity contribution in [3.8, 4) is 5.75 Å². The predicted molar refractivity (Wildman–Crippen MR) is 55.7 cm³/mol. The van der Waals surface area contributed by atoms with E-state index in [1.54, 1.807) is 0 Å². The van der Waals surface area contributed by atoms with Crippen molar-refractivity contribution in [3.05, 3.63) is 28.5 Å². The zero-order valence-corrected chi connectivity index (χ0v) is 9.09. The van der Waals surface area contributed by atoms with Crippen molar-refractivity contribution in [2.45, 2.75) is 32.0 Å². The first-order valence-electron chi connectivity index (χ1n) is 4.97. The minimum atomic E-state index is -0.770. The number of aliphatic hydroxyl groups is 1. The second-order valence-corrected chi connectivity index (χ2v) is 4.10. The first-order chi connectivity index (χ1) is 7.13. The molecule has 0 saturated carbocycles. The third-order valence-corrected chi connectivity index (χ3v) is 2.83. The van der Waals surface area contributed by atoms with Gasteiger partial charge in [-0.1, -0.05) is 24.9 Å². The van der Waals surface area contributed by atoms with Crippen molar-refractivity contribution in [1.29, 1.82) is 0 Å². The molecule has 2 nitrogen and oxygen atoms in total. The Kier molecular flexibility index (Phi) is 2.85. The van der Waals surface area contributed by atoms with Gasteiger partial charge in [0.15, 0.2) is 0 Å². The summed E-state index contributed by atoms with van der Waals surface area (Å²) in [6.45, 7) is 2.00. The number of fused-ring (bicyclic) bond motifs is 1. The van der Waals surface area contributed by atoms with Crippen LogP contribution in [0.1, 0.15) is 31.4 Å². The van der Waals surface area contributed by atoms with Gasteiger partial charge >= 0.3 is 0 Å². The Labute approximate surface area is 92.6 Å². The van der Waals surface area contributed by atoms with E-state index in [-0.39, 0.29) is 11.1 Å². The van der Waals surface area contributed by atoms with Crippen LogP contribution in [0.15, 0.2) is 12.1 Å². The normalized spacial score (nSPS) is 23.7. The summed E-state index contributed by atoms with van der Waals surface area (Å²) in [5.74, 6) is -0.0254. The van der Waals surface area contributed by atoms with E-state index in [1.165, 1.54) is 12.1 Å². The van der Waals surface area contributed by atoms with Crippen molar-refractivity contribution in [3.63, 3.8) is 0 Å². The van der Waals surface area contributed by atoms with E-state index >= 15 is 0 Å². The summed E-state index contributed by atoms with van der Waals surface area (Å²) in [6, 6.07) is 2.48. The second kappa shape index (κ2) is 3.99. The Morgan fingerprint density at radius 3 is 2.93 bits per heavy atom. The van der Waals surface area contributed by atoms with Crippen LogP contribution in [0, 0.1) is 5.82 Å². The number of rotatable bonds is 2. The molecule has 4 heteroatoms. The van der Waals surface area contributed by atoms with Crippen LogP contribution in [-0.4, -0.2) is 11.2 Å². The third-order valence-electron chi connectivity index (χ3n) is 2.55. The van der Waals surface area contributed by atoms with Crippen LogP contribution < -0.4 is 4.74 Å². The Bertz CT molecular complexity index is 381. The van der Waals surface area contributed by atoms with Gasteiger partial charge in [0.1, 0.15) is 23.8 Å². The minimum Gasteiger partial charge on any atom is -0.485 e. The fraction of sp³-hybridized carbons (Fsp3) is 0.455. The maximum Gasteiger partial charge on any atom is 0.144 e. The average Bonchev–Trinajstić information content (AvgIpc) is 2.47. The summed E-state index contributed by atoms with van der Waals surface area (Å²) in [6.07, 6.45) is 0.557. The summed E-state index contributed by atoms with van der Waals surface area (Å²) in [5, 5.41) is 10.1. The molecule has 0 spiro atoms. The van der Waals surface area contributed by atoms with Gasteiger partial charge in [0.2, 0.25) is 0 Å². The zero-order chi connectivity index (χ0) is 11.0. The topological polar surface area (TPSA) is 29.5 Å². The molecule has 0 aromatic heterocycles. The molecule has 0 radical (unpaired) electrons. The van der Waals surface area contributed by atoms with E-state index in [0.717, 1.165) is 12.8 Å². The molecular weight excluding hydrogens is 219 g/mol. The van der Waals surface area contributed by atoms with Gasteiger partial charge in [-0.3, -0.25) is 0 Å². The predicted octanol–water partition coefficient (Wildman–Crippen LogP) is 3.07. The maximum absolute atomic E-state index is 13.1. The van der Waals surface area contributed by atoms with Gasteiger partial charge in [-0.2, -0.15) is 0 Å². The SMILES string of the molecule is CCCC1Oc2c(Cl)cc(F)cc2C1O. The van der Waals surface area contributed by atoms with Crippen LogP contribution >= 0.6 is 11.6 Å². The molecule has 2 atom stereocenters. The molecule has 1 aromatic carbocycles. The van der Waals surface area contributed by atoms with Gasteiger partial charge in [0.25, 0.3) is 0 Å². The molecular formula is C11H12ClFO2. The standard InChI is InChI=1S/C11H12ClFO2/c1-2-3-9-10(14)7-4-6(13)5-8(12)11(7)15-9/h4-5,9-10,14H,2-3H2,1H3. The summed E-state index contributed by atoms with van der Waals surface area (Å²) in [7, 11) is 0. The maximum atomic E-state index is 13.1. The van der Waals surface area contributed by atoms with Crippen LogP contribution in [0.5, 0.6) is 5.75 Å². The van der Waals surface area contributed by atoms with E-state index < -0.39 is 11.9 Å². The van der Waals surface area contributed by atoms with Crippen molar-refractivity contribution in [2.24, 2.45) is 0 Å². The van der Waals surface area contributed by atoms with Gasteiger partial charge in [0, 0.05) is 5.56 Å². The summed E-state index contributed by atoms with van der Waals surface area (Å²) in [5.41, 5.74) is 0.457. The fourth-order valence-electron chi connectivity index (χ4n) is 1.84. The minimum absolute atomic E-state index is 0.225. The average molecular weight is 231 g/mol. The number of halogens is 2. The highest BCUT2D eigenvalue weighted by atomic mass is 35.5. The Morgan fingerprint density at radius 2 is 2.27 bits per heavy atom. The number of hydrogen-bond acceptors (Lipinski definition) is 2. The molecule has 0 aliphatic carbocycles. The molecule has 2 rings (SSSR count). The highest BCUT2D eigenvalue weighted by Crippen LogP contribution is 2.43. The lowest BCUT2D eigenvalue weighted by atomic mass is 10.0. The van der Waals surface area contributed by atoms with Gasteiger partial charge in [-0.25, -0.2) is 4.39 Å². The molecule has 15 heavy (non-hydrogen) atoms. The number of aliphatic hydroxyl groups excluding tert-OH is 1. The van der Waals surface area contributed by atoms with Crippen molar-refractivity contribution >= 4 is 11.6 Å². The quantitative estimate of drug-likeness (QED) is 0.846. The summed E-state index contributed by atoms with van der Waals surface area (Å²) >= 11 is 5.83. The summed E-state index contributed by atoms with van der Waals surface area (Å²) in [4.78, 5) is 0. The molecule has 0 bridgehead atoms. The third kappa shape index (κ3) is 1.82. The molecule has 1 aliphatic heterocycles. The highest BCUT2D eigenvalue weighted by Gasteiger charge is 2.34. The van der Waals surface area contributed by atoms with Crippen LogP contribution in [0.25, 0.3) is 0 Å². The molecule has 82 valence electrons. The number of hydrogen-bond donors (Lipinski definition) is 1. The van der Waals surface area contributed by atoms with E-state index in [9.17, 15) is 9.50 Å². The van der Waals surface area contributed by atoms with E-state index in [0.29, 0.717) is 11.3 Å². The number of benzene rings is 1. The lowest BCUT2D eigenvalue weighted by Gasteiger charge is -2.12.